The van der Waals surface area contributed by atoms with Crippen LogP contribution in [0.1, 0.15) is 53.4 Å². The Kier molecular flexibility index (Phi) is 7.59. The van der Waals surface area contributed by atoms with Gasteiger partial charge in [0.1, 0.15) is 0 Å². The molecule has 0 aliphatic carbocycles. The summed E-state index contributed by atoms with van der Waals surface area (Å²) in [4.78, 5) is 22.1. The normalized spacial score (nSPS) is 11.6. The fraction of sp³-hybridized carbons (Fsp3) is 0.846. The van der Waals surface area contributed by atoms with Crippen molar-refractivity contribution in [3.8, 4) is 0 Å². The molecule has 0 saturated heterocycles. The molecule has 1 amide bonds. The van der Waals surface area contributed by atoms with Gasteiger partial charge in [-0.25, -0.2) is 0 Å². The van der Waals surface area contributed by atoms with Crippen LogP contribution in [-0.4, -0.2) is 35.1 Å². The minimum atomic E-state index is -0.835. The lowest BCUT2D eigenvalue weighted by atomic mass is 9.98. The summed E-state index contributed by atoms with van der Waals surface area (Å²) < 4.78 is 0. The Labute approximate surface area is 109 Å². The van der Waals surface area contributed by atoms with Gasteiger partial charge in [0, 0.05) is 24.4 Å². The maximum Gasteiger partial charge on any atom is 0.303 e. The minimum absolute atomic E-state index is 0.0176. The summed E-state index contributed by atoms with van der Waals surface area (Å²) in [6.07, 6.45) is 1.77. The minimum Gasteiger partial charge on any atom is -0.481 e. The maximum atomic E-state index is 11.7. The van der Waals surface area contributed by atoms with Crippen molar-refractivity contribution in [2.24, 2.45) is 0 Å². The van der Waals surface area contributed by atoms with E-state index in [9.17, 15) is 9.59 Å². The predicted octanol–water partition coefficient (Wildman–Crippen LogP) is 1.52. The first kappa shape index (κ1) is 16.9. The van der Waals surface area contributed by atoms with Gasteiger partial charge < -0.3 is 15.7 Å². The van der Waals surface area contributed by atoms with Gasteiger partial charge in [-0.05, 0) is 33.2 Å². The first-order valence-electron chi connectivity index (χ1n) is 6.49. The molecular weight excluding hydrogens is 232 g/mol. The van der Waals surface area contributed by atoms with E-state index in [-0.39, 0.29) is 12.3 Å². The van der Waals surface area contributed by atoms with Crippen molar-refractivity contribution in [1.29, 1.82) is 0 Å². The van der Waals surface area contributed by atoms with Crippen LogP contribution in [0.3, 0.4) is 0 Å². The second-order valence-electron chi connectivity index (χ2n) is 5.54. The summed E-state index contributed by atoms with van der Waals surface area (Å²) in [5.41, 5.74) is -0.457. The first-order chi connectivity index (χ1) is 8.23. The van der Waals surface area contributed by atoms with Crippen molar-refractivity contribution in [2.75, 3.05) is 6.54 Å². The maximum absolute atomic E-state index is 11.7. The number of carbonyl (C=O) groups excluding carboxylic acids is 1. The van der Waals surface area contributed by atoms with Gasteiger partial charge in [0.05, 0.1) is 0 Å². The van der Waals surface area contributed by atoms with E-state index in [1.165, 1.54) is 0 Å². The molecule has 0 aromatic carbocycles. The molecule has 0 aliphatic rings. The van der Waals surface area contributed by atoms with Crippen LogP contribution in [0.25, 0.3) is 0 Å². The third-order valence-corrected chi connectivity index (χ3v) is 2.57. The molecule has 0 aromatic heterocycles. The molecule has 106 valence electrons. The van der Waals surface area contributed by atoms with Gasteiger partial charge in [-0.3, -0.25) is 9.59 Å². The number of carbonyl (C=O) groups is 2. The third kappa shape index (κ3) is 10.1. The fourth-order valence-electron chi connectivity index (χ4n) is 1.56. The number of carboxylic acid groups (broad SMARTS) is 1. The molecular formula is C13H26N2O3. The van der Waals surface area contributed by atoms with Crippen molar-refractivity contribution in [2.45, 2.75) is 65.0 Å². The zero-order valence-corrected chi connectivity index (χ0v) is 11.9. The number of rotatable bonds is 9. The van der Waals surface area contributed by atoms with Gasteiger partial charge in [-0.1, -0.05) is 13.8 Å². The molecule has 0 saturated carbocycles. The quantitative estimate of drug-likeness (QED) is 0.548. The standard InChI is InChI=1S/C13H26N2O3/c1-10(2)14-9-5-6-11(16)15-13(3,4)8-7-12(17)18/h10,14H,5-9H2,1-4H3,(H,15,16)(H,17,18). The van der Waals surface area contributed by atoms with Crippen LogP contribution in [-0.2, 0) is 9.59 Å². The molecule has 18 heavy (non-hydrogen) atoms. The average Bonchev–Trinajstić information content (AvgIpc) is 2.21. The Balaban J connectivity index is 3.81. The van der Waals surface area contributed by atoms with Crippen molar-refractivity contribution in [1.82, 2.24) is 10.6 Å². The Morgan fingerprint density at radius 3 is 2.33 bits per heavy atom. The molecule has 0 aromatic rings. The van der Waals surface area contributed by atoms with Crippen LogP contribution >= 0.6 is 0 Å². The molecule has 0 fully saturated rings. The van der Waals surface area contributed by atoms with Crippen molar-refractivity contribution in [3.63, 3.8) is 0 Å². The van der Waals surface area contributed by atoms with Crippen LogP contribution in [0.2, 0.25) is 0 Å². The molecule has 5 nitrogen and oxygen atoms in total. The molecule has 0 atom stereocenters. The number of hydrogen-bond donors (Lipinski definition) is 3. The van der Waals surface area contributed by atoms with Gasteiger partial charge >= 0.3 is 5.97 Å². The van der Waals surface area contributed by atoms with Crippen molar-refractivity contribution < 1.29 is 14.7 Å². The fourth-order valence-corrected chi connectivity index (χ4v) is 1.56. The SMILES string of the molecule is CC(C)NCCCC(=O)NC(C)(C)CCC(=O)O. The Morgan fingerprint density at radius 1 is 1.22 bits per heavy atom. The highest BCUT2D eigenvalue weighted by molar-refractivity contribution is 5.76. The van der Waals surface area contributed by atoms with E-state index in [1.807, 2.05) is 13.8 Å². The van der Waals surface area contributed by atoms with E-state index in [4.69, 9.17) is 5.11 Å². The van der Waals surface area contributed by atoms with Crippen molar-refractivity contribution >= 4 is 11.9 Å². The molecule has 5 heteroatoms. The number of hydrogen-bond acceptors (Lipinski definition) is 3. The molecule has 3 N–H and O–H groups in total. The number of carboxylic acids is 1. The highest BCUT2D eigenvalue weighted by Crippen LogP contribution is 2.11. The molecule has 0 rings (SSSR count). The van der Waals surface area contributed by atoms with E-state index in [1.54, 1.807) is 0 Å². The summed E-state index contributed by atoms with van der Waals surface area (Å²) in [6.45, 7) is 8.64. The van der Waals surface area contributed by atoms with E-state index in [2.05, 4.69) is 24.5 Å². The Morgan fingerprint density at radius 2 is 1.83 bits per heavy atom. The summed E-state index contributed by atoms with van der Waals surface area (Å²) in [5, 5.41) is 14.7. The van der Waals surface area contributed by atoms with Crippen LogP contribution < -0.4 is 10.6 Å². The average molecular weight is 258 g/mol. The second kappa shape index (κ2) is 8.08. The zero-order chi connectivity index (χ0) is 14.2. The summed E-state index contributed by atoms with van der Waals surface area (Å²) >= 11 is 0. The lowest BCUT2D eigenvalue weighted by Gasteiger charge is -2.25. The Hall–Kier alpha value is -1.10. The molecule has 0 unspecified atom stereocenters. The molecule has 0 aliphatic heterocycles. The summed E-state index contributed by atoms with van der Waals surface area (Å²) in [7, 11) is 0. The second-order valence-corrected chi connectivity index (χ2v) is 5.54. The highest BCUT2D eigenvalue weighted by atomic mass is 16.4. The van der Waals surface area contributed by atoms with Gasteiger partial charge in [0.15, 0.2) is 0 Å². The van der Waals surface area contributed by atoms with Gasteiger partial charge in [-0.15, -0.1) is 0 Å². The number of nitrogens with one attached hydrogen (secondary N) is 2. The van der Waals surface area contributed by atoms with Crippen LogP contribution in [0.5, 0.6) is 0 Å². The predicted molar refractivity (Wildman–Crippen MR) is 71.5 cm³/mol. The molecule has 0 bridgehead atoms. The molecule has 0 radical (unpaired) electrons. The lowest BCUT2D eigenvalue weighted by molar-refractivity contribution is -0.137. The largest absolute Gasteiger partial charge is 0.481 e. The summed E-state index contributed by atoms with van der Waals surface area (Å²) in [6, 6.07) is 0.431. The van der Waals surface area contributed by atoms with Gasteiger partial charge in [0.2, 0.25) is 5.91 Å². The van der Waals surface area contributed by atoms with Gasteiger partial charge in [-0.2, -0.15) is 0 Å². The smallest absolute Gasteiger partial charge is 0.303 e. The zero-order valence-electron chi connectivity index (χ0n) is 11.9. The molecule has 0 spiro atoms. The first-order valence-corrected chi connectivity index (χ1v) is 6.49. The monoisotopic (exact) mass is 258 g/mol. The van der Waals surface area contributed by atoms with E-state index < -0.39 is 11.5 Å². The topological polar surface area (TPSA) is 78.4 Å². The Bertz CT molecular complexity index is 275. The van der Waals surface area contributed by atoms with E-state index in [0.717, 1.165) is 13.0 Å². The highest BCUT2D eigenvalue weighted by Gasteiger charge is 2.20. The summed E-state index contributed by atoms with van der Waals surface area (Å²) in [5.74, 6) is -0.852. The van der Waals surface area contributed by atoms with E-state index >= 15 is 0 Å². The molecule has 0 heterocycles. The van der Waals surface area contributed by atoms with E-state index in [0.29, 0.717) is 18.9 Å². The lowest BCUT2D eigenvalue weighted by Crippen LogP contribution is -2.43. The van der Waals surface area contributed by atoms with Crippen molar-refractivity contribution in [3.05, 3.63) is 0 Å². The van der Waals surface area contributed by atoms with Gasteiger partial charge in [0.25, 0.3) is 0 Å². The number of aliphatic carboxylic acids is 1. The van der Waals surface area contributed by atoms with Crippen LogP contribution in [0.4, 0.5) is 0 Å². The van der Waals surface area contributed by atoms with Crippen LogP contribution in [0.15, 0.2) is 0 Å². The number of amides is 1. The van der Waals surface area contributed by atoms with Crippen LogP contribution in [0, 0.1) is 0 Å². The third-order valence-electron chi connectivity index (χ3n) is 2.57.